The molecule has 1 saturated carbocycles. The number of hydrogen-bond donors (Lipinski definition) is 0. The van der Waals surface area contributed by atoms with Crippen LogP contribution in [0.3, 0.4) is 0 Å². The Labute approximate surface area is 136 Å². The van der Waals surface area contributed by atoms with Crippen LogP contribution in [0.4, 0.5) is 0 Å². The summed E-state index contributed by atoms with van der Waals surface area (Å²) in [5.41, 5.74) is 0.488. The second-order valence-corrected chi connectivity index (χ2v) is 6.78. The molecule has 0 heterocycles. The molecule has 0 bridgehead atoms. The van der Waals surface area contributed by atoms with E-state index in [4.69, 9.17) is 4.74 Å². The fourth-order valence-corrected chi connectivity index (χ4v) is 3.17. The van der Waals surface area contributed by atoms with Gasteiger partial charge in [-0.25, -0.2) is 0 Å². The fourth-order valence-electron chi connectivity index (χ4n) is 3.17. The van der Waals surface area contributed by atoms with Gasteiger partial charge in [-0.1, -0.05) is 50.3 Å². The van der Waals surface area contributed by atoms with Crippen LogP contribution in [0, 0.1) is 17.3 Å². The number of carbonyl (C=O) groups is 2. The van der Waals surface area contributed by atoms with Crippen LogP contribution in [0.15, 0.2) is 54.1 Å². The van der Waals surface area contributed by atoms with Crippen molar-refractivity contribution in [2.75, 3.05) is 0 Å². The second-order valence-electron chi connectivity index (χ2n) is 6.78. The standard InChI is InChI=1S/C20H20O3/c1-13(12-21)10-17-18(20(17,2)3)19(22)23-16-9-8-14-6-4-5-7-15(14)11-16/h4-12,17-18H,1-3H3/b13-10+. The third kappa shape index (κ3) is 2.91. The van der Waals surface area contributed by atoms with Gasteiger partial charge in [0, 0.05) is 0 Å². The van der Waals surface area contributed by atoms with Crippen molar-refractivity contribution in [1.82, 2.24) is 0 Å². The van der Waals surface area contributed by atoms with Crippen LogP contribution in [0.1, 0.15) is 20.8 Å². The summed E-state index contributed by atoms with van der Waals surface area (Å²) in [5, 5.41) is 2.16. The summed E-state index contributed by atoms with van der Waals surface area (Å²) >= 11 is 0. The number of rotatable bonds is 4. The molecule has 3 rings (SSSR count). The molecular formula is C20H20O3. The minimum absolute atomic E-state index is 0.0562. The summed E-state index contributed by atoms with van der Waals surface area (Å²) in [5.74, 6) is 0.181. The molecule has 0 N–H and O–H groups in total. The lowest BCUT2D eigenvalue weighted by atomic mass is 10.1. The zero-order valence-electron chi connectivity index (χ0n) is 13.6. The minimum atomic E-state index is -0.231. The predicted octanol–water partition coefficient (Wildman–Crippen LogP) is 4.16. The van der Waals surface area contributed by atoms with Crippen LogP contribution in [-0.4, -0.2) is 12.3 Å². The molecule has 1 aliphatic carbocycles. The van der Waals surface area contributed by atoms with Crippen LogP contribution in [0.25, 0.3) is 10.8 Å². The number of aldehydes is 1. The average molecular weight is 308 g/mol. The highest BCUT2D eigenvalue weighted by atomic mass is 16.5. The van der Waals surface area contributed by atoms with Crippen molar-refractivity contribution in [2.45, 2.75) is 20.8 Å². The Balaban J connectivity index is 1.77. The van der Waals surface area contributed by atoms with Gasteiger partial charge in [0.25, 0.3) is 0 Å². The molecule has 0 saturated heterocycles. The van der Waals surface area contributed by atoms with Gasteiger partial charge in [-0.15, -0.1) is 0 Å². The molecule has 0 spiro atoms. The first-order valence-electron chi connectivity index (χ1n) is 7.77. The second kappa shape index (κ2) is 5.65. The van der Waals surface area contributed by atoms with E-state index in [1.165, 1.54) is 0 Å². The SMILES string of the molecule is C/C(C=O)=C\C1C(C(=O)Oc2ccc3ccccc3c2)C1(C)C. The molecule has 2 unspecified atom stereocenters. The highest BCUT2D eigenvalue weighted by Gasteiger charge is 2.61. The Bertz CT molecular complexity index is 801. The van der Waals surface area contributed by atoms with Crippen molar-refractivity contribution in [1.29, 1.82) is 0 Å². The van der Waals surface area contributed by atoms with Gasteiger partial charge in [-0.3, -0.25) is 9.59 Å². The van der Waals surface area contributed by atoms with E-state index in [9.17, 15) is 9.59 Å². The highest BCUT2D eigenvalue weighted by molar-refractivity contribution is 5.86. The molecule has 0 radical (unpaired) electrons. The summed E-state index contributed by atoms with van der Waals surface area (Å²) < 4.78 is 5.57. The first-order valence-corrected chi connectivity index (χ1v) is 7.77. The third-order valence-electron chi connectivity index (χ3n) is 4.73. The average Bonchev–Trinajstić information content (AvgIpc) is 3.07. The molecule has 2 atom stereocenters. The van der Waals surface area contributed by atoms with E-state index in [2.05, 4.69) is 0 Å². The van der Waals surface area contributed by atoms with Crippen molar-refractivity contribution in [2.24, 2.45) is 17.3 Å². The van der Waals surface area contributed by atoms with Crippen molar-refractivity contribution >= 4 is 23.0 Å². The molecule has 1 aliphatic rings. The number of fused-ring (bicyclic) bond motifs is 1. The number of ether oxygens (including phenoxy) is 1. The zero-order chi connectivity index (χ0) is 16.6. The molecule has 2 aromatic carbocycles. The van der Waals surface area contributed by atoms with Gasteiger partial charge >= 0.3 is 5.97 Å². The van der Waals surface area contributed by atoms with Gasteiger partial charge in [0.2, 0.25) is 0 Å². The molecule has 3 heteroatoms. The van der Waals surface area contributed by atoms with E-state index in [-0.39, 0.29) is 23.2 Å². The first-order chi connectivity index (χ1) is 10.9. The summed E-state index contributed by atoms with van der Waals surface area (Å²) in [6.45, 7) is 5.81. The van der Waals surface area contributed by atoms with Gasteiger partial charge in [-0.2, -0.15) is 0 Å². The van der Waals surface area contributed by atoms with Gasteiger partial charge in [0.05, 0.1) is 5.92 Å². The quantitative estimate of drug-likeness (QED) is 0.368. The van der Waals surface area contributed by atoms with Gasteiger partial charge in [0.1, 0.15) is 12.0 Å². The van der Waals surface area contributed by atoms with Crippen LogP contribution in [0.2, 0.25) is 0 Å². The topological polar surface area (TPSA) is 43.4 Å². The van der Waals surface area contributed by atoms with Crippen LogP contribution in [0.5, 0.6) is 5.75 Å². The number of hydrogen-bond acceptors (Lipinski definition) is 3. The summed E-state index contributed by atoms with van der Waals surface area (Å²) in [7, 11) is 0. The fraction of sp³-hybridized carbons (Fsp3) is 0.300. The van der Waals surface area contributed by atoms with E-state index >= 15 is 0 Å². The maximum absolute atomic E-state index is 12.5. The van der Waals surface area contributed by atoms with Gasteiger partial charge < -0.3 is 4.74 Å². The van der Waals surface area contributed by atoms with Crippen LogP contribution in [-0.2, 0) is 9.59 Å². The first kappa shape index (κ1) is 15.5. The van der Waals surface area contributed by atoms with E-state index in [1.807, 2.05) is 62.4 Å². The van der Waals surface area contributed by atoms with Crippen LogP contribution < -0.4 is 4.74 Å². The van der Waals surface area contributed by atoms with Crippen LogP contribution >= 0.6 is 0 Å². The Morgan fingerprint density at radius 3 is 2.52 bits per heavy atom. The highest BCUT2D eigenvalue weighted by Crippen LogP contribution is 2.59. The summed E-state index contributed by atoms with van der Waals surface area (Å²) in [6.07, 6.45) is 2.69. The van der Waals surface area contributed by atoms with Gasteiger partial charge in [-0.05, 0) is 46.7 Å². The molecule has 23 heavy (non-hydrogen) atoms. The van der Waals surface area contributed by atoms with E-state index in [0.29, 0.717) is 11.3 Å². The van der Waals surface area contributed by atoms with E-state index in [0.717, 1.165) is 17.1 Å². The summed E-state index contributed by atoms with van der Waals surface area (Å²) in [6, 6.07) is 13.6. The van der Waals surface area contributed by atoms with Crippen molar-refractivity contribution in [3.05, 3.63) is 54.1 Å². The van der Waals surface area contributed by atoms with Crippen molar-refractivity contribution in [3.8, 4) is 5.75 Å². The van der Waals surface area contributed by atoms with Gasteiger partial charge in [0.15, 0.2) is 0 Å². The molecule has 118 valence electrons. The molecular weight excluding hydrogens is 288 g/mol. The largest absolute Gasteiger partial charge is 0.426 e. The monoisotopic (exact) mass is 308 g/mol. The molecule has 0 amide bonds. The van der Waals surface area contributed by atoms with E-state index in [1.54, 1.807) is 6.92 Å². The molecule has 1 fully saturated rings. The maximum Gasteiger partial charge on any atom is 0.315 e. The molecule has 0 aliphatic heterocycles. The lowest BCUT2D eigenvalue weighted by Gasteiger charge is -2.06. The Hall–Kier alpha value is -2.42. The lowest BCUT2D eigenvalue weighted by molar-refractivity contribution is -0.136. The molecule has 2 aromatic rings. The Morgan fingerprint density at radius 1 is 1.13 bits per heavy atom. The molecule has 0 aromatic heterocycles. The third-order valence-corrected chi connectivity index (χ3v) is 4.73. The maximum atomic E-state index is 12.5. The molecule has 3 nitrogen and oxygen atoms in total. The number of benzene rings is 2. The Morgan fingerprint density at radius 2 is 1.83 bits per heavy atom. The lowest BCUT2D eigenvalue weighted by Crippen LogP contribution is -2.13. The van der Waals surface area contributed by atoms with Crippen molar-refractivity contribution < 1.29 is 14.3 Å². The minimum Gasteiger partial charge on any atom is -0.426 e. The zero-order valence-corrected chi connectivity index (χ0v) is 13.6. The predicted molar refractivity (Wildman–Crippen MR) is 90.2 cm³/mol. The smallest absolute Gasteiger partial charge is 0.315 e. The normalized spacial score (nSPS) is 22.7. The Kier molecular flexibility index (Phi) is 3.80. The summed E-state index contributed by atoms with van der Waals surface area (Å²) in [4.78, 5) is 23.3. The number of allylic oxidation sites excluding steroid dienone is 2. The van der Waals surface area contributed by atoms with E-state index < -0.39 is 0 Å². The number of carbonyl (C=O) groups excluding carboxylic acids is 2. The van der Waals surface area contributed by atoms with Crippen molar-refractivity contribution in [3.63, 3.8) is 0 Å². The number of esters is 1.